The molecule has 1 aromatic heterocycles. The molecule has 3 N–H and O–H groups in total. The van der Waals surface area contributed by atoms with Crippen LogP contribution >= 0.6 is 0 Å². The largest absolute Gasteiger partial charge is 0.475 e. The van der Waals surface area contributed by atoms with Gasteiger partial charge in [-0.3, -0.25) is 0 Å². The van der Waals surface area contributed by atoms with E-state index in [1.165, 1.54) is 0 Å². The molecule has 0 spiro atoms. The van der Waals surface area contributed by atoms with E-state index < -0.39 is 17.0 Å². The van der Waals surface area contributed by atoms with Gasteiger partial charge in [0.25, 0.3) is 0 Å². The molecule has 1 aromatic carbocycles. The van der Waals surface area contributed by atoms with Gasteiger partial charge in [0.1, 0.15) is 11.5 Å². The molecule has 1 heterocycles. The van der Waals surface area contributed by atoms with Crippen LogP contribution in [0.15, 0.2) is 22.6 Å². The second-order valence-corrected chi connectivity index (χ2v) is 4.61. The normalized spacial score (nSPS) is 12.6. The Morgan fingerprint density at radius 2 is 2.22 bits per heavy atom. The van der Waals surface area contributed by atoms with Crippen molar-refractivity contribution in [2.75, 3.05) is 11.2 Å². The summed E-state index contributed by atoms with van der Waals surface area (Å²) >= 11 is -1.98. The van der Waals surface area contributed by atoms with E-state index in [4.69, 9.17) is 14.1 Å². The van der Waals surface area contributed by atoms with Crippen LogP contribution in [0.1, 0.15) is 16.1 Å². The number of fused-ring (bicyclic) bond motifs is 1. The van der Waals surface area contributed by atoms with Crippen LogP contribution in [0.3, 0.4) is 0 Å². The molecule has 1 unspecified atom stereocenters. The number of benzene rings is 1. The number of nitrogens with one attached hydrogen (secondary N) is 1. The number of carboxylic acids is 1. The lowest BCUT2D eigenvalue weighted by Crippen LogP contribution is -2.07. The van der Waals surface area contributed by atoms with Gasteiger partial charge in [0.05, 0.1) is 0 Å². The van der Waals surface area contributed by atoms with Gasteiger partial charge in [-0.05, 0) is 19.1 Å². The van der Waals surface area contributed by atoms with Crippen LogP contribution in [-0.4, -0.2) is 25.7 Å². The molecular formula is C11H11NO5S. The quantitative estimate of drug-likeness (QED) is 0.734. The number of carbonyl (C=O) groups is 1. The van der Waals surface area contributed by atoms with Gasteiger partial charge >= 0.3 is 5.97 Å². The van der Waals surface area contributed by atoms with Crippen molar-refractivity contribution in [1.29, 1.82) is 0 Å². The number of rotatable bonds is 4. The number of aromatic carboxylic acids is 1. The average molecular weight is 269 g/mol. The first-order valence-corrected chi connectivity index (χ1v) is 6.35. The Kier molecular flexibility index (Phi) is 3.35. The highest BCUT2D eigenvalue weighted by Gasteiger charge is 2.18. The summed E-state index contributed by atoms with van der Waals surface area (Å²) in [5.74, 6) is -1.39. The Hall–Kier alpha value is -1.86. The highest BCUT2D eigenvalue weighted by atomic mass is 32.2. The smallest absolute Gasteiger partial charge is 0.372 e. The van der Waals surface area contributed by atoms with Gasteiger partial charge in [0, 0.05) is 16.6 Å². The van der Waals surface area contributed by atoms with E-state index in [9.17, 15) is 9.00 Å². The van der Waals surface area contributed by atoms with Gasteiger partial charge in [-0.25, -0.2) is 9.00 Å². The van der Waals surface area contributed by atoms with Gasteiger partial charge in [0.15, 0.2) is 11.1 Å². The molecule has 6 nitrogen and oxygen atoms in total. The van der Waals surface area contributed by atoms with Crippen LogP contribution in [0.2, 0.25) is 0 Å². The fourth-order valence-electron chi connectivity index (χ4n) is 1.79. The minimum absolute atomic E-state index is 0.121. The number of anilines is 1. The molecule has 0 aliphatic carbocycles. The molecule has 96 valence electrons. The summed E-state index contributed by atoms with van der Waals surface area (Å²) in [6.45, 7) is 1.64. The lowest BCUT2D eigenvalue weighted by Gasteiger charge is -2.05. The van der Waals surface area contributed by atoms with Crippen molar-refractivity contribution in [2.24, 2.45) is 0 Å². The minimum atomic E-state index is -1.98. The third-order valence-corrected chi connectivity index (χ3v) is 2.93. The number of aryl methyl sites for hydroxylation is 1. The maximum absolute atomic E-state index is 11.0. The van der Waals surface area contributed by atoms with Crippen molar-refractivity contribution >= 4 is 33.7 Å². The summed E-state index contributed by atoms with van der Waals surface area (Å²) in [5, 5.41) is 12.4. The summed E-state index contributed by atoms with van der Waals surface area (Å²) in [5.41, 5.74) is 1.49. The zero-order valence-electron chi connectivity index (χ0n) is 9.47. The SMILES string of the molecule is Cc1c(C(=O)O)oc2cccc(NCS(=O)O)c12. The monoisotopic (exact) mass is 269 g/mol. The van der Waals surface area contributed by atoms with Gasteiger partial charge in [-0.1, -0.05) is 6.07 Å². The third-order valence-electron chi connectivity index (χ3n) is 2.53. The molecule has 7 heteroatoms. The van der Waals surface area contributed by atoms with Crippen molar-refractivity contribution in [1.82, 2.24) is 0 Å². The molecule has 18 heavy (non-hydrogen) atoms. The van der Waals surface area contributed by atoms with Crippen molar-refractivity contribution in [3.8, 4) is 0 Å². The Bertz CT molecular complexity index is 634. The maximum Gasteiger partial charge on any atom is 0.372 e. The molecule has 0 aliphatic heterocycles. The van der Waals surface area contributed by atoms with E-state index in [0.717, 1.165) is 0 Å². The van der Waals surface area contributed by atoms with Crippen LogP contribution in [0.4, 0.5) is 5.69 Å². The average Bonchev–Trinajstić information content (AvgIpc) is 2.65. The van der Waals surface area contributed by atoms with Crippen LogP contribution in [0.5, 0.6) is 0 Å². The van der Waals surface area contributed by atoms with Crippen LogP contribution < -0.4 is 5.32 Å². The second kappa shape index (κ2) is 4.79. The van der Waals surface area contributed by atoms with Crippen molar-refractivity contribution in [3.05, 3.63) is 29.5 Å². The molecule has 1 atom stereocenters. The van der Waals surface area contributed by atoms with Crippen molar-refractivity contribution < 1.29 is 23.1 Å². The van der Waals surface area contributed by atoms with Gasteiger partial charge in [-0.2, -0.15) is 0 Å². The van der Waals surface area contributed by atoms with Gasteiger partial charge < -0.3 is 19.4 Å². The lowest BCUT2D eigenvalue weighted by molar-refractivity contribution is 0.0664. The minimum Gasteiger partial charge on any atom is -0.475 e. The van der Waals surface area contributed by atoms with E-state index in [0.29, 0.717) is 22.2 Å². The zero-order chi connectivity index (χ0) is 13.3. The summed E-state index contributed by atoms with van der Waals surface area (Å²) in [7, 11) is 0. The van der Waals surface area contributed by atoms with Crippen molar-refractivity contribution in [3.63, 3.8) is 0 Å². The van der Waals surface area contributed by atoms with Crippen LogP contribution in [-0.2, 0) is 11.1 Å². The standard InChI is InChI=1S/C11H11NO5S/c1-6-9-7(12-5-18(15)16)3-2-4-8(9)17-10(6)11(13)14/h2-4,12H,5H2,1H3,(H,13,14)(H,15,16). The molecule has 0 saturated carbocycles. The predicted molar refractivity (Wildman–Crippen MR) is 67.2 cm³/mol. The molecule has 0 aliphatic rings. The van der Waals surface area contributed by atoms with E-state index in [-0.39, 0.29) is 11.6 Å². The number of carboxylic acid groups (broad SMARTS) is 1. The first-order valence-electron chi connectivity index (χ1n) is 5.07. The first kappa shape index (κ1) is 12.6. The third kappa shape index (κ3) is 2.22. The molecule has 2 aromatic rings. The highest BCUT2D eigenvalue weighted by Crippen LogP contribution is 2.31. The molecule has 2 rings (SSSR count). The van der Waals surface area contributed by atoms with Crippen molar-refractivity contribution in [2.45, 2.75) is 6.92 Å². The second-order valence-electron chi connectivity index (χ2n) is 3.68. The van der Waals surface area contributed by atoms with E-state index in [1.54, 1.807) is 25.1 Å². The summed E-state index contributed by atoms with van der Waals surface area (Å²) in [6, 6.07) is 5.03. The molecule has 0 fully saturated rings. The summed E-state index contributed by atoms with van der Waals surface area (Å²) in [4.78, 5) is 11.0. The predicted octanol–water partition coefficient (Wildman–Crippen LogP) is 2.03. The van der Waals surface area contributed by atoms with E-state index in [1.807, 2.05) is 0 Å². The maximum atomic E-state index is 11.0. The Labute approximate surface area is 105 Å². The van der Waals surface area contributed by atoms with E-state index >= 15 is 0 Å². The fourth-order valence-corrected chi connectivity index (χ4v) is 2.07. The lowest BCUT2D eigenvalue weighted by atomic mass is 10.1. The fraction of sp³-hybridized carbons (Fsp3) is 0.182. The molecule has 0 saturated heterocycles. The van der Waals surface area contributed by atoms with Crippen LogP contribution in [0, 0.1) is 6.92 Å². The topological polar surface area (TPSA) is 99.8 Å². The molecular weight excluding hydrogens is 258 g/mol. The number of hydrogen-bond acceptors (Lipinski definition) is 4. The van der Waals surface area contributed by atoms with Gasteiger partial charge in [0.2, 0.25) is 5.76 Å². The highest BCUT2D eigenvalue weighted by molar-refractivity contribution is 7.79. The Balaban J connectivity index is 2.54. The zero-order valence-corrected chi connectivity index (χ0v) is 10.3. The van der Waals surface area contributed by atoms with Gasteiger partial charge in [-0.15, -0.1) is 0 Å². The number of hydrogen-bond donors (Lipinski definition) is 3. The molecule has 0 radical (unpaired) electrons. The summed E-state index contributed by atoms with van der Waals surface area (Å²) < 4.78 is 24.6. The number of furan rings is 1. The summed E-state index contributed by atoms with van der Waals surface area (Å²) in [6.07, 6.45) is 0. The first-order chi connectivity index (χ1) is 8.50. The Morgan fingerprint density at radius 1 is 1.50 bits per heavy atom. The molecule has 0 amide bonds. The van der Waals surface area contributed by atoms with E-state index in [2.05, 4.69) is 5.32 Å². The van der Waals surface area contributed by atoms with Crippen LogP contribution in [0.25, 0.3) is 11.0 Å². The Morgan fingerprint density at radius 3 is 2.83 bits per heavy atom. The molecule has 0 bridgehead atoms.